The molecule has 2 aliphatic heterocycles. The van der Waals surface area contributed by atoms with Crippen LogP contribution in [0, 0.1) is 17.8 Å². The van der Waals surface area contributed by atoms with E-state index < -0.39 is 7.12 Å². The van der Waals surface area contributed by atoms with Crippen molar-refractivity contribution in [3.8, 4) is 5.75 Å². The molecule has 2 heterocycles. The molecule has 4 aliphatic rings. The van der Waals surface area contributed by atoms with Crippen LogP contribution in [0.4, 0.5) is 0 Å². The number of amides is 2. The number of nitrogens with zero attached hydrogens (tertiary/aromatic N) is 1. The Labute approximate surface area is 227 Å². The van der Waals surface area contributed by atoms with Gasteiger partial charge in [-0.05, 0) is 80.5 Å². The summed E-state index contributed by atoms with van der Waals surface area (Å²) in [5, 5.41) is 20.4. The van der Waals surface area contributed by atoms with Crippen LogP contribution in [0.1, 0.15) is 90.0 Å². The van der Waals surface area contributed by atoms with Crippen molar-refractivity contribution in [2.24, 2.45) is 17.8 Å². The summed E-state index contributed by atoms with van der Waals surface area (Å²) in [5.41, 5.74) is 4.80. The van der Waals surface area contributed by atoms with Crippen LogP contribution in [0.2, 0.25) is 6.32 Å². The van der Waals surface area contributed by atoms with E-state index in [0.29, 0.717) is 12.7 Å². The summed E-state index contributed by atoms with van der Waals surface area (Å²) in [5.74, 6) is -0.500. The zero-order valence-corrected chi connectivity index (χ0v) is 22.9. The number of likely N-dealkylation sites (tertiary alicyclic amines) is 1. The maximum Gasteiger partial charge on any atom is 0.455 e. The lowest BCUT2D eigenvalue weighted by Crippen LogP contribution is -2.46. The second-order valence-electron chi connectivity index (χ2n) is 11.7. The van der Waals surface area contributed by atoms with Crippen molar-refractivity contribution < 1.29 is 24.4 Å². The summed E-state index contributed by atoms with van der Waals surface area (Å²) in [4.78, 5) is 29.1. The van der Waals surface area contributed by atoms with E-state index in [1.807, 2.05) is 12.1 Å². The number of allylic oxidation sites excluding steroid dienone is 2. The highest BCUT2D eigenvalue weighted by Crippen LogP contribution is 2.52. The van der Waals surface area contributed by atoms with Gasteiger partial charge >= 0.3 is 7.12 Å². The number of aromatic hydroxyl groups is 1. The lowest BCUT2D eigenvalue weighted by Gasteiger charge is -2.43. The van der Waals surface area contributed by atoms with Crippen molar-refractivity contribution in [2.45, 2.75) is 103 Å². The highest BCUT2D eigenvalue weighted by Gasteiger charge is 2.58. The predicted octanol–water partition coefficient (Wildman–Crippen LogP) is 5.90. The number of imide groups is 1. The Balaban J connectivity index is 1.39. The van der Waals surface area contributed by atoms with Crippen molar-refractivity contribution in [1.29, 1.82) is 0 Å². The normalized spacial score (nSPS) is 28.7. The lowest BCUT2D eigenvalue weighted by molar-refractivity contribution is -0.143. The minimum absolute atomic E-state index is 0.00342. The van der Waals surface area contributed by atoms with Crippen molar-refractivity contribution in [2.75, 3.05) is 0 Å². The highest BCUT2D eigenvalue weighted by molar-refractivity contribution is 6.43. The lowest BCUT2D eigenvalue weighted by atomic mass is 9.58. The molecule has 7 heteroatoms. The molecule has 3 fully saturated rings. The number of rotatable bonds is 8. The number of phenols is 1. The summed E-state index contributed by atoms with van der Waals surface area (Å²) >= 11 is 0. The Kier molecular flexibility index (Phi) is 8.44. The fourth-order valence-corrected chi connectivity index (χ4v) is 7.54. The fraction of sp³-hybridized carbons (Fsp3) is 0.613. The molecule has 6 nitrogen and oxygen atoms in total. The monoisotopic (exact) mass is 519 g/mol. The molecule has 0 spiro atoms. The molecule has 2 amide bonds. The predicted molar refractivity (Wildman–Crippen MR) is 149 cm³/mol. The third kappa shape index (κ3) is 5.37. The van der Waals surface area contributed by atoms with Crippen LogP contribution in [-0.4, -0.2) is 46.1 Å². The molecule has 0 aromatic heterocycles. The van der Waals surface area contributed by atoms with E-state index in [0.717, 1.165) is 63.4 Å². The zero-order valence-electron chi connectivity index (χ0n) is 22.9. The van der Waals surface area contributed by atoms with Crippen molar-refractivity contribution in [3.63, 3.8) is 0 Å². The number of phenolic OH excluding ortho intramolecular Hbond substituents is 1. The maximum absolute atomic E-state index is 13.8. The summed E-state index contributed by atoms with van der Waals surface area (Å²) in [7, 11) is -0.923. The van der Waals surface area contributed by atoms with Gasteiger partial charge in [0, 0.05) is 6.04 Å². The molecule has 2 aliphatic carbocycles. The van der Waals surface area contributed by atoms with Gasteiger partial charge in [-0.25, -0.2) is 0 Å². The van der Waals surface area contributed by atoms with Gasteiger partial charge in [0.15, 0.2) is 0 Å². The number of fused-ring (bicyclic) bond motifs is 3. The van der Waals surface area contributed by atoms with E-state index in [1.165, 1.54) is 23.1 Å². The second-order valence-corrected chi connectivity index (χ2v) is 11.7. The van der Waals surface area contributed by atoms with Crippen molar-refractivity contribution in [3.05, 3.63) is 46.5 Å². The second kappa shape index (κ2) is 11.8. The van der Waals surface area contributed by atoms with Crippen LogP contribution in [0.25, 0.3) is 6.08 Å². The Morgan fingerprint density at radius 3 is 2.47 bits per heavy atom. The van der Waals surface area contributed by atoms with E-state index in [4.69, 9.17) is 4.65 Å². The van der Waals surface area contributed by atoms with Crippen LogP contribution in [0.3, 0.4) is 0 Å². The van der Waals surface area contributed by atoms with Crippen LogP contribution >= 0.6 is 0 Å². The number of hydrogen-bond acceptors (Lipinski definition) is 5. The van der Waals surface area contributed by atoms with Crippen LogP contribution in [0.5, 0.6) is 5.75 Å². The first-order chi connectivity index (χ1) is 18.4. The standard InChI is InChI=1S/C31H42BNO5/c1-3-8-20(17-21-11-14-24(34)15-12-21)13-16-27-28-22(4-2)18-25-29(26(28)19-32(37)38-27)31(36)33(30(25)35)23-9-6-5-7-10-23/h11-12,14-15,17,23,25-27,29,34,37H,3-10,13,16,18-19H2,1-2H3/b20-17+/t25-,26+,27-,29-/m1/s1. The summed E-state index contributed by atoms with van der Waals surface area (Å²) in [6.45, 7) is 4.30. The molecule has 2 saturated heterocycles. The first kappa shape index (κ1) is 27.2. The molecular formula is C31H42BNO5. The van der Waals surface area contributed by atoms with Gasteiger partial charge < -0.3 is 14.8 Å². The Bertz CT molecular complexity index is 1090. The molecule has 38 heavy (non-hydrogen) atoms. The molecule has 1 aromatic carbocycles. The number of hydrogen-bond donors (Lipinski definition) is 2. The van der Waals surface area contributed by atoms with E-state index in [-0.39, 0.29) is 47.5 Å². The van der Waals surface area contributed by atoms with Gasteiger partial charge in [0.25, 0.3) is 0 Å². The first-order valence-corrected chi connectivity index (χ1v) is 14.8. The minimum Gasteiger partial charge on any atom is -0.508 e. The van der Waals surface area contributed by atoms with Gasteiger partial charge in [-0.2, -0.15) is 0 Å². The first-order valence-electron chi connectivity index (χ1n) is 14.8. The Morgan fingerprint density at radius 1 is 1.05 bits per heavy atom. The van der Waals surface area contributed by atoms with Gasteiger partial charge in [-0.1, -0.05) is 68.9 Å². The maximum atomic E-state index is 13.8. The molecule has 0 radical (unpaired) electrons. The quantitative estimate of drug-likeness (QED) is 0.254. The molecule has 0 unspecified atom stereocenters. The van der Waals surface area contributed by atoms with Crippen LogP contribution in [0.15, 0.2) is 41.0 Å². The van der Waals surface area contributed by atoms with Gasteiger partial charge in [0.2, 0.25) is 11.8 Å². The Morgan fingerprint density at radius 2 is 1.79 bits per heavy atom. The van der Waals surface area contributed by atoms with Crippen LogP contribution < -0.4 is 0 Å². The number of carbonyl (C=O) groups excluding carboxylic acids is 2. The molecule has 2 N–H and O–H groups in total. The van der Waals surface area contributed by atoms with Gasteiger partial charge in [0.05, 0.1) is 17.9 Å². The molecule has 0 bridgehead atoms. The van der Waals surface area contributed by atoms with Crippen LogP contribution in [-0.2, 0) is 14.2 Å². The molecular weight excluding hydrogens is 477 g/mol. The zero-order chi connectivity index (χ0) is 26.8. The average molecular weight is 519 g/mol. The number of benzene rings is 1. The van der Waals surface area contributed by atoms with Crippen molar-refractivity contribution in [1.82, 2.24) is 4.90 Å². The number of carbonyl (C=O) groups is 2. The van der Waals surface area contributed by atoms with E-state index in [2.05, 4.69) is 19.9 Å². The molecule has 4 atom stereocenters. The molecule has 5 rings (SSSR count). The third-order valence-electron chi connectivity index (χ3n) is 9.27. The van der Waals surface area contributed by atoms with Gasteiger partial charge in [0.1, 0.15) is 5.75 Å². The third-order valence-corrected chi connectivity index (χ3v) is 9.27. The summed E-state index contributed by atoms with van der Waals surface area (Å²) in [6, 6.07) is 7.29. The smallest absolute Gasteiger partial charge is 0.455 e. The highest BCUT2D eigenvalue weighted by atomic mass is 16.5. The van der Waals surface area contributed by atoms with Crippen molar-refractivity contribution >= 4 is 25.0 Å². The molecule has 1 aromatic rings. The molecule has 204 valence electrons. The van der Waals surface area contributed by atoms with E-state index in [9.17, 15) is 19.7 Å². The van der Waals surface area contributed by atoms with Gasteiger partial charge in [-0.3, -0.25) is 14.5 Å². The Hall–Kier alpha value is -2.38. The minimum atomic E-state index is -0.923. The van der Waals surface area contributed by atoms with E-state index in [1.54, 1.807) is 17.0 Å². The SMILES string of the molecule is CCC/C(=C\c1ccc(O)cc1)CC[C@H]1OB(O)C[C@H]2C1=C(CC)C[C@H]1C(=O)N(C3CCCCC3)C(=O)[C@H]12. The summed E-state index contributed by atoms with van der Waals surface area (Å²) in [6.07, 6.45) is 12.5. The van der Waals surface area contributed by atoms with E-state index >= 15 is 0 Å². The molecule has 1 saturated carbocycles. The fourth-order valence-electron chi connectivity index (χ4n) is 7.54. The van der Waals surface area contributed by atoms with Gasteiger partial charge in [-0.15, -0.1) is 0 Å². The topological polar surface area (TPSA) is 87.1 Å². The largest absolute Gasteiger partial charge is 0.508 e. The average Bonchev–Trinajstić information content (AvgIpc) is 3.17. The summed E-state index contributed by atoms with van der Waals surface area (Å²) < 4.78 is 6.16.